The van der Waals surface area contributed by atoms with Crippen molar-refractivity contribution in [2.45, 2.75) is 0 Å². The summed E-state index contributed by atoms with van der Waals surface area (Å²) < 4.78 is 0.583. The van der Waals surface area contributed by atoms with Gasteiger partial charge in [0.2, 0.25) is 5.82 Å². The monoisotopic (exact) mass is 307 g/mol. The van der Waals surface area contributed by atoms with Crippen LogP contribution in [0, 0.1) is 10.1 Å². The molecule has 0 unspecified atom stereocenters. The Morgan fingerprint density at radius 1 is 1.33 bits per heavy atom. The Labute approximate surface area is 112 Å². The minimum atomic E-state index is -0.438. The number of halogens is 1. The zero-order valence-electron chi connectivity index (χ0n) is 9.58. The molecule has 0 radical (unpaired) electrons. The highest BCUT2D eigenvalue weighted by molar-refractivity contribution is 9.10. The summed E-state index contributed by atoms with van der Waals surface area (Å²) in [4.78, 5) is 16.4. The molecule has 0 bridgehead atoms. The average molecular weight is 308 g/mol. The SMILES string of the molecule is CN(c1ccccc1)c1ncc(Br)cc1[N+](=O)[O-]. The molecule has 0 aliphatic heterocycles. The molecule has 1 heterocycles. The molecule has 0 aliphatic carbocycles. The molecular weight excluding hydrogens is 298 g/mol. The Morgan fingerprint density at radius 2 is 2.00 bits per heavy atom. The predicted octanol–water partition coefficient (Wildman–Crippen LogP) is 3.52. The van der Waals surface area contributed by atoms with Crippen molar-refractivity contribution in [2.75, 3.05) is 11.9 Å². The summed E-state index contributed by atoms with van der Waals surface area (Å²) in [5.74, 6) is 0.314. The van der Waals surface area contributed by atoms with Crippen molar-refractivity contribution in [1.29, 1.82) is 0 Å². The molecule has 0 atom stereocenters. The van der Waals surface area contributed by atoms with Gasteiger partial charge in [0.15, 0.2) is 0 Å². The first-order valence-electron chi connectivity index (χ1n) is 5.18. The van der Waals surface area contributed by atoms with E-state index in [1.54, 1.807) is 18.1 Å². The molecule has 0 amide bonds. The van der Waals surface area contributed by atoms with Crippen LogP contribution in [0.1, 0.15) is 0 Å². The maximum atomic E-state index is 11.0. The van der Waals surface area contributed by atoms with E-state index in [9.17, 15) is 10.1 Å². The minimum Gasteiger partial charge on any atom is -0.324 e. The van der Waals surface area contributed by atoms with E-state index in [-0.39, 0.29) is 5.69 Å². The fraction of sp³-hybridized carbons (Fsp3) is 0.0833. The molecular formula is C12H10BrN3O2. The highest BCUT2D eigenvalue weighted by Gasteiger charge is 2.20. The normalized spacial score (nSPS) is 10.1. The van der Waals surface area contributed by atoms with Crippen LogP contribution in [0.15, 0.2) is 47.1 Å². The van der Waals surface area contributed by atoms with E-state index in [0.29, 0.717) is 10.3 Å². The standard InChI is InChI=1S/C12H10BrN3O2/c1-15(10-5-3-2-4-6-10)12-11(16(17)18)7-9(13)8-14-12/h2-8H,1H3. The van der Waals surface area contributed by atoms with E-state index in [1.807, 2.05) is 30.3 Å². The predicted molar refractivity (Wildman–Crippen MR) is 73.1 cm³/mol. The van der Waals surface area contributed by atoms with Gasteiger partial charge in [-0.3, -0.25) is 10.1 Å². The summed E-state index contributed by atoms with van der Waals surface area (Å²) in [7, 11) is 1.75. The van der Waals surface area contributed by atoms with Crippen LogP contribution in [0.3, 0.4) is 0 Å². The van der Waals surface area contributed by atoms with Crippen molar-refractivity contribution in [3.8, 4) is 0 Å². The molecule has 0 fully saturated rings. The zero-order chi connectivity index (χ0) is 13.1. The second-order valence-electron chi connectivity index (χ2n) is 3.65. The van der Waals surface area contributed by atoms with Gasteiger partial charge in [-0.15, -0.1) is 0 Å². The molecule has 6 heteroatoms. The smallest absolute Gasteiger partial charge is 0.313 e. The van der Waals surface area contributed by atoms with Crippen molar-refractivity contribution in [3.05, 3.63) is 57.2 Å². The lowest BCUT2D eigenvalue weighted by molar-refractivity contribution is -0.384. The lowest BCUT2D eigenvalue weighted by Crippen LogP contribution is -2.13. The number of aromatic nitrogens is 1. The third-order valence-corrected chi connectivity index (χ3v) is 2.91. The van der Waals surface area contributed by atoms with Crippen LogP contribution in [0.4, 0.5) is 17.2 Å². The van der Waals surface area contributed by atoms with Crippen LogP contribution in [-0.2, 0) is 0 Å². The van der Waals surface area contributed by atoms with Gasteiger partial charge in [0.1, 0.15) is 0 Å². The first-order chi connectivity index (χ1) is 8.59. The van der Waals surface area contributed by atoms with Crippen molar-refractivity contribution in [2.24, 2.45) is 0 Å². The maximum Gasteiger partial charge on any atom is 0.313 e. The Kier molecular flexibility index (Phi) is 3.57. The van der Waals surface area contributed by atoms with Gasteiger partial charge in [-0.2, -0.15) is 0 Å². The topological polar surface area (TPSA) is 59.3 Å². The van der Waals surface area contributed by atoms with Gasteiger partial charge < -0.3 is 4.90 Å². The summed E-state index contributed by atoms with van der Waals surface area (Å²) >= 11 is 3.18. The lowest BCUT2D eigenvalue weighted by Gasteiger charge is -2.17. The Balaban J connectivity index is 2.48. The molecule has 2 aromatic rings. The van der Waals surface area contributed by atoms with E-state index in [4.69, 9.17) is 0 Å². The maximum absolute atomic E-state index is 11.0. The molecule has 0 saturated heterocycles. The number of pyridine rings is 1. The lowest BCUT2D eigenvalue weighted by atomic mass is 10.3. The second-order valence-corrected chi connectivity index (χ2v) is 4.56. The van der Waals surface area contributed by atoms with E-state index < -0.39 is 4.92 Å². The second kappa shape index (κ2) is 5.14. The molecule has 0 saturated carbocycles. The number of hydrogen-bond acceptors (Lipinski definition) is 4. The van der Waals surface area contributed by atoms with Crippen molar-refractivity contribution < 1.29 is 4.92 Å². The number of benzene rings is 1. The van der Waals surface area contributed by atoms with Crippen molar-refractivity contribution >= 4 is 33.1 Å². The molecule has 0 spiro atoms. The summed E-state index contributed by atoms with van der Waals surface area (Å²) in [6.45, 7) is 0. The fourth-order valence-electron chi connectivity index (χ4n) is 1.59. The van der Waals surface area contributed by atoms with Gasteiger partial charge in [-0.1, -0.05) is 18.2 Å². The summed E-state index contributed by atoms with van der Waals surface area (Å²) in [5.41, 5.74) is 0.811. The van der Waals surface area contributed by atoms with Crippen LogP contribution < -0.4 is 4.90 Å². The molecule has 2 rings (SSSR count). The van der Waals surface area contributed by atoms with Crippen molar-refractivity contribution in [1.82, 2.24) is 4.98 Å². The number of nitrogens with zero attached hydrogens (tertiary/aromatic N) is 3. The molecule has 92 valence electrons. The van der Waals surface area contributed by atoms with E-state index in [2.05, 4.69) is 20.9 Å². The summed E-state index contributed by atoms with van der Waals surface area (Å²) in [6.07, 6.45) is 1.54. The Hall–Kier alpha value is -1.95. The van der Waals surface area contributed by atoms with Gasteiger partial charge in [-0.05, 0) is 28.1 Å². The third kappa shape index (κ3) is 2.48. The average Bonchev–Trinajstić information content (AvgIpc) is 2.39. The summed E-state index contributed by atoms with van der Waals surface area (Å²) in [5, 5.41) is 11.0. The Bertz CT molecular complexity index is 575. The fourth-order valence-corrected chi connectivity index (χ4v) is 1.91. The highest BCUT2D eigenvalue weighted by atomic mass is 79.9. The van der Waals surface area contributed by atoms with E-state index in [1.165, 1.54) is 6.07 Å². The van der Waals surface area contributed by atoms with Gasteiger partial charge in [0.05, 0.1) is 4.92 Å². The van der Waals surface area contributed by atoms with Gasteiger partial charge in [-0.25, -0.2) is 4.98 Å². The highest BCUT2D eigenvalue weighted by Crippen LogP contribution is 2.31. The number of hydrogen-bond donors (Lipinski definition) is 0. The van der Waals surface area contributed by atoms with Gasteiger partial charge >= 0.3 is 5.69 Å². The first kappa shape index (κ1) is 12.5. The minimum absolute atomic E-state index is 0.0317. The molecule has 1 aromatic heterocycles. The largest absolute Gasteiger partial charge is 0.324 e. The van der Waals surface area contributed by atoms with Gasteiger partial charge in [0, 0.05) is 29.5 Å². The van der Waals surface area contributed by atoms with E-state index >= 15 is 0 Å². The number of anilines is 2. The molecule has 0 aliphatic rings. The quantitative estimate of drug-likeness (QED) is 0.643. The van der Waals surface area contributed by atoms with Crippen molar-refractivity contribution in [3.63, 3.8) is 0 Å². The van der Waals surface area contributed by atoms with Gasteiger partial charge in [0.25, 0.3) is 0 Å². The number of nitro groups is 1. The Morgan fingerprint density at radius 3 is 2.61 bits per heavy atom. The van der Waals surface area contributed by atoms with Crippen LogP contribution in [0.25, 0.3) is 0 Å². The van der Waals surface area contributed by atoms with E-state index in [0.717, 1.165) is 5.69 Å². The zero-order valence-corrected chi connectivity index (χ0v) is 11.2. The van der Waals surface area contributed by atoms with Crippen LogP contribution in [0.5, 0.6) is 0 Å². The number of para-hydroxylation sites is 1. The molecule has 5 nitrogen and oxygen atoms in total. The third-order valence-electron chi connectivity index (χ3n) is 2.47. The summed E-state index contributed by atoms with van der Waals surface area (Å²) in [6, 6.07) is 10.8. The first-order valence-corrected chi connectivity index (χ1v) is 5.97. The van der Waals surface area contributed by atoms with Crippen LogP contribution >= 0.6 is 15.9 Å². The molecule has 0 N–H and O–H groups in total. The van der Waals surface area contributed by atoms with Crippen LogP contribution in [-0.4, -0.2) is 17.0 Å². The van der Waals surface area contributed by atoms with Crippen LogP contribution in [0.2, 0.25) is 0 Å². The number of rotatable bonds is 3. The molecule has 1 aromatic carbocycles. The molecule has 18 heavy (non-hydrogen) atoms.